The van der Waals surface area contributed by atoms with Crippen molar-refractivity contribution in [3.63, 3.8) is 0 Å². The number of aromatic nitrogens is 4. The lowest BCUT2D eigenvalue weighted by Gasteiger charge is -2.16. The molecular weight excluding hydrogens is 422 g/mol. The van der Waals surface area contributed by atoms with Crippen LogP contribution in [0.15, 0.2) is 36.7 Å². The number of amides is 1. The van der Waals surface area contributed by atoms with Crippen molar-refractivity contribution in [3.8, 4) is 22.8 Å². The predicted molar refractivity (Wildman–Crippen MR) is 126 cm³/mol. The molecule has 174 valence electrons. The van der Waals surface area contributed by atoms with E-state index in [9.17, 15) is 4.79 Å². The van der Waals surface area contributed by atoms with Gasteiger partial charge in [0.25, 0.3) is 5.91 Å². The van der Waals surface area contributed by atoms with Crippen LogP contribution < -0.4 is 25.0 Å². The Kier molecular flexibility index (Phi) is 6.92. The van der Waals surface area contributed by atoms with Crippen LogP contribution in [0.5, 0.6) is 11.5 Å². The average Bonchev–Trinajstić information content (AvgIpc) is 3.52. The molecular formula is C23H29N7O3. The Labute approximate surface area is 192 Å². The topological polar surface area (TPSA) is 106 Å². The van der Waals surface area contributed by atoms with Crippen LogP contribution in [-0.2, 0) is 7.05 Å². The van der Waals surface area contributed by atoms with Crippen molar-refractivity contribution in [2.75, 3.05) is 50.6 Å². The third-order valence-corrected chi connectivity index (χ3v) is 5.59. The highest BCUT2D eigenvalue weighted by Crippen LogP contribution is 2.32. The molecule has 10 heteroatoms. The number of nitrogens with zero attached hydrogens (tertiary/aromatic N) is 5. The highest BCUT2D eigenvalue weighted by Gasteiger charge is 2.17. The van der Waals surface area contributed by atoms with Gasteiger partial charge in [0.15, 0.2) is 0 Å². The smallest absolute Gasteiger partial charge is 0.269 e. The normalized spacial score (nSPS) is 13.1. The Morgan fingerprint density at radius 2 is 1.88 bits per heavy atom. The van der Waals surface area contributed by atoms with Gasteiger partial charge in [0.1, 0.15) is 35.2 Å². The first-order chi connectivity index (χ1) is 16.1. The predicted octanol–water partition coefficient (Wildman–Crippen LogP) is 2.34. The lowest BCUT2D eigenvalue weighted by Crippen LogP contribution is -2.30. The molecule has 2 aromatic heterocycles. The van der Waals surface area contributed by atoms with Crippen LogP contribution >= 0.6 is 0 Å². The Morgan fingerprint density at radius 3 is 2.64 bits per heavy atom. The second kappa shape index (κ2) is 10.2. The first-order valence-corrected chi connectivity index (χ1v) is 10.9. The van der Waals surface area contributed by atoms with Gasteiger partial charge in [0.05, 0.1) is 19.9 Å². The second-order valence-electron chi connectivity index (χ2n) is 7.74. The minimum absolute atomic E-state index is 0.208. The van der Waals surface area contributed by atoms with Gasteiger partial charge >= 0.3 is 0 Å². The molecule has 33 heavy (non-hydrogen) atoms. The molecule has 0 radical (unpaired) electrons. The van der Waals surface area contributed by atoms with Gasteiger partial charge in [-0.2, -0.15) is 5.10 Å². The third-order valence-electron chi connectivity index (χ3n) is 5.59. The van der Waals surface area contributed by atoms with Gasteiger partial charge in [0, 0.05) is 44.9 Å². The number of methoxy groups -OCH3 is 2. The molecule has 3 aromatic rings. The van der Waals surface area contributed by atoms with E-state index in [1.807, 2.05) is 24.3 Å². The van der Waals surface area contributed by atoms with Crippen molar-refractivity contribution < 1.29 is 14.3 Å². The lowest BCUT2D eigenvalue weighted by atomic mass is 10.1. The number of carbonyl (C=O) groups is 1. The summed E-state index contributed by atoms with van der Waals surface area (Å²) in [6.07, 6.45) is 3.96. The lowest BCUT2D eigenvalue weighted by molar-refractivity contribution is 0.0946. The zero-order valence-corrected chi connectivity index (χ0v) is 19.2. The third kappa shape index (κ3) is 5.16. The molecule has 1 aromatic carbocycles. The van der Waals surface area contributed by atoms with Gasteiger partial charge < -0.3 is 25.0 Å². The molecule has 0 aliphatic carbocycles. The van der Waals surface area contributed by atoms with Gasteiger partial charge in [0.2, 0.25) is 0 Å². The van der Waals surface area contributed by atoms with E-state index in [1.54, 1.807) is 38.3 Å². The summed E-state index contributed by atoms with van der Waals surface area (Å²) in [7, 11) is 4.94. The van der Waals surface area contributed by atoms with Crippen LogP contribution in [0.3, 0.4) is 0 Å². The van der Waals surface area contributed by atoms with Crippen LogP contribution in [0.2, 0.25) is 0 Å². The van der Waals surface area contributed by atoms with E-state index in [4.69, 9.17) is 9.47 Å². The van der Waals surface area contributed by atoms with Crippen LogP contribution in [0.4, 0.5) is 11.6 Å². The van der Waals surface area contributed by atoms with Crippen LogP contribution in [0.25, 0.3) is 11.3 Å². The summed E-state index contributed by atoms with van der Waals surface area (Å²) in [5, 5.41) is 10.7. The Bertz CT molecular complexity index is 1110. The maximum atomic E-state index is 12.7. The number of anilines is 2. The van der Waals surface area contributed by atoms with Gasteiger partial charge in [-0.1, -0.05) is 0 Å². The summed E-state index contributed by atoms with van der Waals surface area (Å²) in [6.45, 7) is 3.03. The van der Waals surface area contributed by atoms with Gasteiger partial charge in [-0.3, -0.25) is 9.48 Å². The van der Waals surface area contributed by atoms with E-state index in [2.05, 4.69) is 30.6 Å². The maximum absolute atomic E-state index is 12.7. The molecule has 0 spiro atoms. The van der Waals surface area contributed by atoms with Crippen molar-refractivity contribution in [2.24, 2.45) is 7.05 Å². The second-order valence-corrected chi connectivity index (χ2v) is 7.74. The van der Waals surface area contributed by atoms with E-state index in [0.717, 1.165) is 30.3 Å². The number of aryl methyl sites for hydroxylation is 1. The molecule has 2 N–H and O–H groups in total. The molecule has 10 nitrogen and oxygen atoms in total. The summed E-state index contributed by atoms with van der Waals surface area (Å²) in [5.41, 5.74) is 1.84. The molecule has 0 bridgehead atoms. The largest absolute Gasteiger partial charge is 0.497 e. The quantitative estimate of drug-likeness (QED) is 0.478. The summed E-state index contributed by atoms with van der Waals surface area (Å²) >= 11 is 0. The number of rotatable bonds is 9. The fourth-order valence-electron chi connectivity index (χ4n) is 3.85. The minimum Gasteiger partial charge on any atom is -0.497 e. The Balaban J connectivity index is 1.35. The van der Waals surface area contributed by atoms with Crippen molar-refractivity contribution in [1.29, 1.82) is 0 Å². The number of nitrogens with one attached hydrogen (secondary N) is 2. The molecule has 0 atom stereocenters. The summed E-state index contributed by atoms with van der Waals surface area (Å²) in [5.74, 6) is 2.81. The van der Waals surface area contributed by atoms with E-state index in [0.29, 0.717) is 36.0 Å². The molecule has 1 amide bonds. The molecule has 1 aliphatic rings. The van der Waals surface area contributed by atoms with Gasteiger partial charge in [-0.15, -0.1) is 0 Å². The molecule has 0 saturated carbocycles. The van der Waals surface area contributed by atoms with Crippen molar-refractivity contribution >= 4 is 17.5 Å². The molecule has 1 fully saturated rings. The maximum Gasteiger partial charge on any atom is 0.269 e. The number of carbonyl (C=O) groups excluding carboxylic acids is 1. The highest BCUT2D eigenvalue weighted by atomic mass is 16.5. The fourth-order valence-corrected chi connectivity index (χ4v) is 3.85. The van der Waals surface area contributed by atoms with E-state index in [1.165, 1.54) is 12.8 Å². The number of hydrogen-bond donors (Lipinski definition) is 2. The SMILES string of the molecule is COc1ccc(OC)c(-c2cc(C(=O)NCCNc3cc(N4CCCC4)ncn3)n(C)n2)c1. The average molecular weight is 452 g/mol. The standard InChI is InChI=1S/C23H29N7O3/c1-29-19(13-18(28-29)17-12-16(32-2)6-7-20(17)33-3)23(31)25-9-8-24-21-14-22(27-15-26-21)30-10-4-5-11-30/h6-7,12-15H,4-5,8-11H2,1-3H3,(H,25,31)(H,24,26,27). The zero-order chi connectivity index (χ0) is 23.2. The van der Waals surface area contributed by atoms with Crippen LogP contribution in [0, 0.1) is 0 Å². The van der Waals surface area contributed by atoms with Crippen molar-refractivity contribution in [2.45, 2.75) is 12.8 Å². The first kappa shape index (κ1) is 22.4. The Morgan fingerprint density at radius 1 is 1.06 bits per heavy atom. The first-order valence-electron chi connectivity index (χ1n) is 10.9. The highest BCUT2D eigenvalue weighted by molar-refractivity contribution is 5.94. The van der Waals surface area contributed by atoms with E-state index < -0.39 is 0 Å². The number of hydrogen-bond acceptors (Lipinski definition) is 8. The minimum atomic E-state index is -0.208. The number of ether oxygens (including phenoxy) is 2. The van der Waals surface area contributed by atoms with Crippen LogP contribution in [-0.4, -0.2) is 66.1 Å². The molecule has 3 heterocycles. The van der Waals surface area contributed by atoms with E-state index in [-0.39, 0.29) is 5.91 Å². The van der Waals surface area contributed by atoms with Crippen molar-refractivity contribution in [1.82, 2.24) is 25.1 Å². The number of benzene rings is 1. The molecule has 4 rings (SSSR count). The van der Waals surface area contributed by atoms with Crippen LogP contribution in [0.1, 0.15) is 23.3 Å². The summed E-state index contributed by atoms with van der Waals surface area (Å²) < 4.78 is 12.3. The zero-order valence-electron chi connectivity index (χ0n) is 19.2. The molecule has 0 unspecified atom stereocenters. The Hall–Kier alpha value is -3.82. The van der Waals surface area contributed by atoms with E-state index >= 15 is 0 Å². The van der Waals surface area contributed by atoms with Gasteiger partial charge in [-0.25, -0.2) is 9.97 Å². The molecule has 1 saturated heterocycles. The molecule has 1 aliphatic heterocycles. The summed E-state index contributed by atoms with van der Waals surface area (Å²) in [6, 6.07) is 9.16. The van der Waals surface area contributed by atoms with Gasteiger partial charge in [-0.05, 0) is 37.1 Å². The van der Waals surface area contributed by atoms with Crippen molar-refractivity contribution in [3.05, 3.63) is 42.4 Å². The summed E-state index contributed by atoms with van der Waals surface area (Å²) in [4.78, 5) is 23.6. The monoisotopic (exact) mass is 451 g/mol. The fraction of sp³-hybridized carbons (Fsp3) is 0.391.